The Labute approximate surface area is 128 Å². The van der Waals surface area contributed by atoms with Crippen LogP contribution in [0.2, 0.25) is 5.02 Å². The van der Waals surface area contributed by atoms with Crippen LogP contribution in [-0.2, 0) is 0 Å². The Kier molecular flexibility index (Phi) is 8.13. The van der Waals surface area contributed by atoms with Gasteiger partial charge in [-0.05, 0) is 25.6 Å². The van der Waals surface area contributed by atoms with E-state index in [1.165, 1.54) is 18.2 Å². The van der Waals surface area contributed by atoms with E-state index in [9.17, 15) is 14.9 Å². The number of carbonyl (C=O) groups is 1. The molecule has 8 heteroatoms. The Morgan fingerprint density at radius 2 is 2.15 bits per heavy atom. The Hall–Kier alpha value is -1.37. The molecule has 0 aliphatic rings. The number of carbonyl (C=O) groups excluding carboxylic acids is 1. The van der Waals surface area contributed by atoms with E-state index >= 15 is 0 Å². The quantitative estimate of drug-likeness (QED) is 0.622. The first kappa shape index (κ1) is 18.6. The number of nitro groups is 1. The lowest BCUT2D eigenvalue weighted by atomic mass is 10.1. The van der Waals surface area contributed by atoms with E-state index in [4.69, 9.17) is 11.6 Å². The van der Waals surface area contributed by atoms with Gasteiger partial charge in [0, 0.05) is 23.7 Å². The van der Waals surface area contributed by atoms with Gasteiger partial charge in [-0.25, -0.2) is 0 Å². The summed E-state index contributed by atoms with van der Waals surface area (Å²) >= 11 is 5.69. The van der Waals surface area contributed by atoms with Gasteiger partial charge in [-0.1, -0.05) is 18.5 Å². The highest BCUT2D eigenvalue weighted by atomic mass is 35.5. The summed E-state index contributed by atoms with van der Waals surface area (Å²) in [5.41, 5.74) is -0.279. The van der Waals surface area contributed by atoms with Crippen LogP contribution in [0.3, 0.4) is 0 Å². The van der Waals surface area contributed by atoms with Crippen molar-refractivity contribution >= 4 is 35.6 Å². The second-order valence-electron chi connectivity index (χ2n) is 4.09. The fourth-order valence-electron chi connectivity index (χ4n) is 1.61. The van der Waals surface area contributed by atoms with Crippen molar-refractivity contribution < 1.29 is 9.72 Å². The van der Waals surface area contributed by atoms with Crippen LogP contribution in [0.5, 0.6) is 0 Å². The maximum Gasteiger partial charge on any atom is 0.283 e. The smallest absolute Gasteiger partial charge is 0.283 e. The van der Waals surface area contributed by atoms with E-state index in [1.807, 2.05) is 13.8 Å². The normalized spacial score (nSPS) is 11.3. The molecule has 0 aliphatic heterocycles. The molecule has 1 atom stereocenters. The molecular formula is C12H17Cl2N3O3. The molecule has 1 aromatic carbocycles. The van der Waals surface area contributed by atoms with Crippen molar-refractivity contribution in [3.63, 3.8) is 0 Å². The molecular weight excluding hydrogens is 305 g/mol. The summed E-state index contributed by atoms with van der Waals surface area (Å²) in [4.78, 5) is 22.2. The third kappa shape index (κ3) is 5.32. The van der Waals surface area contributed by atoms with Crippen molar-refractivity contribution in [1.29, 1.82) is 0 Å². The molecule has 0 saturated carbocycles. The molecule has 2 N–H and O–H groups in total. The molecule has 0 bridgehead atoms. The lowest BCUT2D eigenvalue weighted by Gasteiger charge is -2.13. The molecule has 0 aliphatic carbocycles. The van der Waals surface area contributed by atoms with Gasteiger partial charge in [-0.15, -0.1) is 12.4 Å². The molecule has 112 valence electrons. The van der Waals surface area contributed by atoms with Crippen molar-refractivity contribution in [2.24, 2.45) is 0 Å². The highest BCUT2D eigenvalue weighted by Crippen LogP contribution is 2.22. The molecule has 0 saturated heterocycles. The maximum atomic E-state index is 11.9. The van der Waals surface area contributed by atoms with Crippen molar-refractivity contribution in [2.75, 3.05) is 13.1 Å². The third-order valence-corrected chi connectivity index (χ3v) is 2.76. The highest BCUT2D eigenvalue weighted by molar-refractivity contribution is 6.31. The van der Waals surface area contributed by atoms with Gasteiger partial charge in [0.1, 0.15) is 5.56 Å². The molecule has 0 fully saturated rings. The number of hydrogen-bond acceptors (Lipinski definition) is 4. The Morgan fingerprint density at radius 3 is 2.70 bits per heavy atom. The zero-order chi connectivity index (χ0) is 14.4. The number of nitrogens with one attached hydrogen (secondary N) is 2. The van der Waals surface area contributed by atoms with Crippen LogP contribution >= 0.6 is 24.0 Å². The predicted molar refractivity (Wildman–Crippen MR) is 80.8 cm³/mol. The summed E-state index contributed by atoms with van der Waals surface area (Å²) in [6, 6.07) is 4.08. The Balaban J connectivity index is 0.00000361. The highest BCUT2D eigenvalue weighted by Gasteiger charge is 2.20. The summed E-state index contributed by atoms with van der Waals surface area (Å²) in [6.07, 6.45) is 0. The van der Waals surface area contributed by atoms with Crippen LogP contribution < -0.4 is 10.6 Å². The number of benzene rings is 1. The SMILES string of the molecule is CCN[C@H](C)CNC(=O)c1ccc(Cl)cc1[N+](=O)[O-].Cl. The van der Waals surface area contributed by atoms with Crippen LogP contribution in [0.4, 0.5) is 5.69 Å². The molecule has 0 unspecified atom stereocenters. The van der Waals surface area contributed by atoms with Gasteiger partial charge in [-0.2, -0.15) is 0 Å². The molecule has 1 rings (SSSR count). The second kappa shape index (κ2) is 8.73. The summed E-state index contributed by atoms with van der Waals surface area (Å²) in [7, 11) is 0. The summed E-state index contributed by atoms with van der Waals surface area (Å²) in [5, 5.41) is 16.9. The first-order valence-electron chi connectivity index (χ1n) is 5.91. The lowest BCUT2D eigenvalue weighted by molar-refractivity contribution is -0.385. The van der Waals surface area contributed by atoms with Gasteiger partial charge in [-0.3, -0.25) is 14.9 Å². The van der Waals surface area contributed by atoms with Crippen LogP contribution in [0.1, 0.15) is 24.2 Å². The van der Waals surface area contributed by atoms with E-state index in [2.05, 4.69) is 10.6 Å². The van der Waals surface area contributed by atoms with E-state index in [0.29, 0.717) is 6.54 Å². The van der Waals surface area contributed by atoms with E-state index in [0.717, 1.165) is 6.54 Å². The monoisotopic (exact) mass is 321 g/mol. The molecule has 0 heterocycles. The van der Waals surface area contributed by atoms with E-state index in [1.54, 1.807) is 0 Å². The average Bonchev–Trinajstić information content (AvgIpc) is 2.36. The zero-order valence-electron chi connectivity index (χ0n) is 11.2. The van der Waals surface area contributed by atoms with Gasteiger partial charge in [0.2, 0.25) is 0 Å². The van der Waals surface area contributed by atoms with Gasteiger partial charge in [0.25, 0.3) is 11.6 Å². The van der Waals surface area contributed by atoms with Crippen molar-refractivity contribution in [1.82, 2.24) is 10.6 Å². The number of nitrogens with zero attached hydrogens (tertiary/aromatic N) is 1. The molecule has 1 aromatic rings. The van der Waals surface area contributed by atoms with Gasteiger partial charge < -0.3 is 10.6 Å². The summed E-state index contributed by atoms with van der Waals surface area (Å²) < 4.78 is 0. The Morgan fingerprint density at radius 1 is 1.50 bits per heavy atom. The minimum atomic E-state index is -0.617. The van der Waals surface area contributed by atoms with Crippen molar-refractivity contribution in [2.45, 2.75) is 19.9 Å². The van der Waals surface area contributed by atoms with Gasteiger partial charge in [0.15, 0.2) is 0 Å². The molecule has 1 amide bonds. The fraction of sp³-hybridized carbons (Fsp3) is 0.417. The topological polar surface area (TPSA) is 84.3 Å². The zero-order valence-corrected chi connectivity index (χ0v) is 12.8. The van der Waals surface area contributed by atoms with Crippen LogP contribution in [0, 0.1) is 10.1 Å². The van der Waals surface area contributed by atoms with Gasteiger partial charge >= 0.3 is 0 Å². The largest absolute Gasteiger partial charge is 0.350 e. The molecule has 0 radical (unpaired) electrons. The molecule has 0 spiro atoms. The molecule has 0 aromatic heterocycles. The number of likely N-dealkylation sites (N-methyl/N-ethyl adjacent to an activating group) is 1. The third-order valence-electron chi connectivity index (χ3n) is 2.52. The number of halogens is 2. The number of amides is 1. The minimum Gasteiger partial charge on any atom is -0.350 e. The standard InChI is InChI=1S/C12H16ClN3O3.ClH/c1-3-14-8(2)7-15-12(17)10-5-4-9(13)6-11(10)16(18)19;/h4-6,8,14H,3,7H2,1-2H3,(H,15,17);1H/t8-;/m1./s1. The van der Waals surface area contributed by atoms with Crippen LogP contribution in [0.15, 0.2) is 18.2 Å². The minimum absolute atomic E-state index is 0. The Bertz CT molecular complexity index is 483. The van der Waals surface area contributed by atoms with Crippen LogP contribution in [0.25, 0.3) is 0 Å². The van der Waals surface area contributed by atoms with Crippen LogP contribution in [-0.4, -0.2) is 30.0 Å². The maximum absolute atomic E-state index is 11.9. The van der Waals surface area contributed by atoms with Crippen molar-refractivity contribution in [3.05, 3.63) is 38.9 Å². The molecule has 6 nitrogen and oxygen atoms in total. The number of hydrogen-bond donors (Lipinski definition) is 2. The summed E-state index contributed by atoms with van der Waals surface area (Å²) in [6.45, 7) is 5.06. The van der Waals surface area contributed by atoms with E-state index in [-0.39, 0.29) is 34.7 Å². The van der Waals surface area contributed by atoms with Crippen molar-refractivity contribution in [3.8, 4) is 0 Å². The predicted octanol–water partition coefficient (Wildman–Crippen LogP) is 2.40. The lowest BCUT2D eigenvalue weighted by Crippen LogP contribution is -2.38. The number of nitro benzene ring substituents is 1. The first-order chi connectivity index (χ1) is 8.95. The number of rotatable bonds is 6. The molecule has 20 heavy (non-hydrogen) atoms. The second-order valence-corrected chi connectivity index (χ2v) is 4.52. The first-order valence-corrected chi connectivity index (χ1v) is 6.29. The fourth-order valence-corrected chi connectivity index (χ4v) is 1.78. The average molecular weight is 322 g/mol. The van der Waals surface area contributed by atoms with Gasteiger partial charge in [0.05, 0.1) is 4.92 Å². The van der Waals surface area contributed by atoms with E-state index < -0.39 is 10.8 Å². The summed E-state index contributed by atoms with van der Waals surface area (Å²) in [5.74, 6) is -0.479.